The van der Waals surface area contributed by atoms with E-state index in [2.05, 4.69) is 10.6 Å². The van der Waals surface area contributed by atoms with Crippen LogP contribution in [0.1, 0.15) is 32.6 Å². The molecule has 0 aromatic rings. The molecule has 6 nitrogen and oxygen atoms in total. The van der Waals surface area contributed by atoms with Crippen molar-refractivity contribution >= 4 is 11.9 Å². The van der Waals surface area contributed by atoms with Gasteiger partial charge in [-0.15, -0.1) is 0 Å². The van der Waals surface area contributed by atoms with Crippen LogP contribution in [0.3, 0.4) is 0 Å². The third kappa shape index (κ3) is 3.49. The van der Waals surface area contributed by atoms with E-state index in [-0.39, 0.29) is 19.1 Å². The van der Waals surface area contributed by atoms with Crippen molar-refractivity contribution in [2.45, 2.75) is 38.6 Å². The summed E-state index contributed by atoms with van der Waals surface area (Å²) in [5.41, 5.74) is -1.01. The maximum Gasteiger partial charge on any atom is 0.313 e. The zero-order valence-electron chi connectivity index (χ0n) is 12.0. The van der Waals surface area contributed by atoms with Crippen molar-refractivity contribution < 1.29 is 19.4 Å². The smallest absolute Gasteiger partial charge is 0.313 e. The molecule has 2 aliphatic rings. The SMILES string of the molecule is CC1(C(=O)O)COCC1NC(=O)CCC1CCCNC1. The summed E-state index contributed by atoms with van der Waals surface area (Å²) in [6.45, 7) is 4.10. The van der Waals surface area contributed by atoms with Crippen molar-refractivity contribution in [2.75, 3.05) is 26.3 Å². The van der Waals surface area contributed by atoms with Crippen LogP contribution in [0.25, 0.3) is 0 Å². The standard InChI is InChI=1S/C14H24N2O4/c1-14(13(18)19)9-20-8-11(14)16-12(17)5-4-10-3-2-6-15-7-10/h10-11,15H,2-9H2,1H3,(H,16,17)(H,18,19). The van der Waals surface area contributed by atoms with Gasteiger partial charge in [0, 0.05) is 6.42 Å². The first-order valence-corrected chi connectivity index (χ1v) is 7.33. The molecule has 0 bridgehead atoms. The average Bonchev–Trinajstić information content (AvgIpc) is 2.80. The van der Waals surface area contributed by atoms with Gasteiger partial charge < -0.3 is 20.5 Å². The molecule has 2 aliphatic heterocycles. The van der Waals surface area contributed by atoms with Gasteiger partial charge in [0.25, 0.3) is 0 Å². The normalized spacial score (nSPS) is 33.9. The van der Waals surface area contributed by atoms with Gasteiger partial charge in [-0.25, -0.2) is 0 Å². The maximum atomic E-state index is 12.0. The molecule has 1 amide bonds. The van der Waals surface area contributed by atoms with E-state index in [9.17, 15) is 14.7 Å². The molecular weight excluding hydrogens is 260 g/mol. The second kappa shape index (κ2) is 6.54. The van der Waals surface area contributed by atoms with Crippen LogP contribution in [0.2, 0.25) is 0 Å². The fourth-order valence-corrected chi connectivity index (χ4v) is 2.86. The predicted octanol–water partition coefficient (Wildman–Crippen LogP) is 0.372. The van der Waals surface area contributed by atoms with Crippen LogP contribution in [0, 0.1) is 11.3 Å². The number of hydrogen-bond acceptors (Lipinski definition) is 4. The highest BCUT2D eigenvalue weighted by Gasteiger charge is 2.47. The van der Waals surface area contributed by atoms with E-state index < -0.39 is 17.4 Å². The summed E-state index contributed by atoms with van der Waals surface area (Å²) < 4.78 is 5.22. The van der Waals surface area contributed by atoms with Gasteiger partial charge in [0.15, 0.2) is 0 Å². The lowest BCUT2D eigenvalue weighted by atomic mass is 9.85. The van der Waals surface area contributed by atoms with Crippen LogP contribution in [0.4, 0.5) is 0 Å². The van der Waals surface area contributed by atoms with E-state index in [0.717, 1.165) is 19.5 Å². The minimum absolute atomic E-state index is 0.0708. The Bertz CT molecular complexity index is 368. The van der Waals surface area contributed by atoms with Gasteiger partial charge in [0.1, 0.15) is 5.41 Å². The maximum absolute atomic E-state index is 12.0. The van der Waals surface area contributed by atoms with Crippen molar-refractivity contribution in [2.24, 2.45) is 11.3 Å². The monoisotopic (exact) mass is 284 g/mol. The molecule has 3 unspecified atom stereocenters. The fraction of sp³-hybridized carbons (Fsp3) is 0.857. The summed E-state index contributed by atoms with van der Waals surface area (Å²) in [5, 5.41) is 15.4. The Balaban J connectivity index is 1.77. The highest BCUT2D eigenvalue weighted by atomic mass is 16.5. The number of ether oxygens (including phenoxy) is 1. The van der Waals surface area contributed by atoms with E-state index in [1.165, 1.54) is 12.8 Å². The quantitative estimate of drug-likeness (QED) is 0.679. The molecule has 0 aromatic carbocycles. The largest absolute Gasteiger partial charge is 0.481 e. The Morgan fingerprint density at radius 3 is 2.95 bits per heavy atom. The molecule has 0 aliphatic carbocycles. The predicted molar refractivity (Wildman–Crippen MR) is 73.3 cm³/mol. The van der Waals surface area contributed by atoms with Crippen molar-refractivity contribution in [3.05, 3.63) is 0 Å². The highest BCUT2D eigenvalue weighted by molar-refractivity contribution is 5.80. The van der Waals surface area contributed by atoms with Crippen molar-refractivity contribution in [1.82, 2.24) is 10.6 Å². The third-order valence-corrected chi connectivity index (χ3v) is 4.46. The molecule has 2 fully saturated rings. The zero-order chi connectivity index (χ0) is 14.6. The van der Waals surface area contributed by atoms with Crippen LogP contribution < -0.4 is 10.6 Å². The van der Waals surface area contributed by atoms with Crippen molar-refractivity contribution in [3.63, 3.8) is 0 Å². The van der Waals surface area contributed by atoms with Gasteiger partial charge in [-0.1, -0.05) is 0 Å². The van der Waals surface area contributed by atoms with Crippen LogP contribution in [-0.2, 0) is 14.3 Å². The third-order valence-electron chi connectivity index (χ3n) is 4.46. The Morgan fingerprint density at radius 1 is 1.50 bits per heavy atom. The number of carboxylic acids is 1. The van der Waals surface area contributed by atoms with Crippen molar-refractivity contribution in [1.29, 1.82) is 0 Å². The average molecular weight is 284 g/mol. The van der Waals surface area contributed by atoms with Crippen LogP contribution in [0.5, 0.6) is 0 Å². The minimum atomic E-state index is -1.01. The number of carbonyl (C=O) groups is 2. The van der Waals surface area contributed by atoms with Gasteiger partial charge in [-0.2, -0.15) is 0 Å². The highest BCUT2D eigenvalue weighted by Crippen LogP contribution is 2.28. The number of hydrogen-bond donors (Lipinski definition) is 3. The molecule has 0 aromatic heterocycles. The summed E-state index contributed by atoms with van der Waals surface area (Å²) >= 11 is 0. The number of carbonyl (C=O) groups excluding carboxylic acids is 1. The molecule has 114 valence electrons. The fourth-order valence-electron chi connectivity index (χ4n) is 2.86. The number of amides is 1. The van der Waals surface area contributed by atoms with Gasteiger partial charge in [0.2, 0.25) is 5.91 Å². The zero-order valence-corrected chi connectivity index (χ0v) is 12.0. The van der Waals surface area contributed by atoms with Gasteiger partial charge >= 0.3 is 5.97 Å². The second-order valence-electron chi connectivity index (χ2n) is 6.11. The number of carboxylic acid groups (broad SMARTS) is 1. The lowest BCUT2D eigenvalue weighted by Crippen LogP contribution is -2.49. The molecule has 6 heteroatoms. The second-order valence-corrected chi connectivity index (χ2v) is 6.11. The molecule has 2 heterocycles. The minimum Gasteiger partial charge on any atom is -0.481 e. The number of nitrogens with one attached hydrogen (secondary N) is 2. The Morgan fingerprint density at radius 2 is 2.30 bits per heavy atom. The number of aliphatic carboxylic acids is 1. The van der Waals surface area contributed by atoms with E-state index >= 15 is 0 Å². The van der Waals surface area contributed by atoms with Crippen LogP contribution in [0.15, 0.2) is 0 Å². The number of rotatable bonds is 5. The molecule has 0 saturated carbocycles. The van der Waals surface area contributed by atoms with Crippen molar-refractivity contribution in [3.8, 4) is 0 Å². The Hall–Kier alpha value is -1.14. The van der Waals surface area contributed by atoms with Crippen LogP contribution in [-0.4, -0.2) is 49.3 Å². The summed E-state index contributed by atoms with van der Waals surface area (Å²) in [6, 6.07) is -0.433. The molecule has 2 saturated heterocycles. The summed E-state index contributed by atoms with van der Waals surface area (Å²) in [7, 11) is 0. The first kappa shape index (κ1) is 15.3. The first-order valence-electron chi connectivity index (χ1n) is 7.33. The molecule has 2 rings (SSSR count). The first-order chi connectivity index (χ1) is 9.52. The molecule has 3 atom stereocenters. The topological polar surface area (TPSA) is 87.7 Å². The lowest BCUT2D eigenvalue weighted by Gasteiger charge is -2.26. The van der Waals surface area contributed by atoms with E-state index in [1.54, 1.807) is 6.92 Å². The number of piperidine rings is 1. The summed E-state index contributed by atoms with van der Waals surface area (Å²) in [4.78, 5) is 23.3. The molecule has 0 radical (unpaired) electrons. The lowest BCUT2D eigenvalue weighted by molar-refractivity contribution is -0.149. The molecular formula is C14H24N2O4. The summed E-state index contributed by atoms with van der Waals surface area (Å²) in [5.74, 6) is -0.435. The van der Waals surface area contributed by atoms with E-state index in [0.29, 0.717) is 12.3 Å². The molecule has 3 N–H and O–H groups in total. The van der Waals surface area contributed by atoms with Gasteiger partial charge in [-0.05, 0) is 45.2 Å². The van der Waals surface area contributed by atoms with Crippen LogP contribution >= 0.6 is 0 Å². The Labute approximate surface area is 119 Å². The summed E-state index contributed by atoms with van der Waals surface area (Å²) in [6.07, 6.45) is 3.65. The molecule has 20 heavy (non-hydrogen) atoms. The van der Waals surface area contributed by atoms with E-state index in [1.807, 2.05) is 0 Å². The Kier molecular flexibility index (Phi) is 4.99. The van der Waals surface area contributed by atoms with Gasteiger partial charge in [0.05, 0.1) is 19.3 Å². The van der Waals surface area contributed by atoms with Gasteiger partial charge in [-0.3, -0.25) is 9.59 Å². The van der Waals surface area contributed by atoms with E-state index in [4.69, 9.17) is 4.74 Å². The molecule has 0 spiro atoms.